The van der Waals surface area contributed by atoms with E-state index in [1.165, 1.54) is 17.0 Å². The van der Waals surface area contributed by atoms with E-state index in [0.29, 0.717) is 6.42 Å². The van der Waals surface area contributed by atoms with E-state index in [2.05, 4.69) is 10.3 Å². The summed E-state index contributed by atoms with van der Waals surface area (Å²) in [7, 11) is 0. The van der Waals surface area contributed by atoms with Gasteiger partial charge in [0.15, 0.2) is 0 Å². The molecule has 1 unspecified atom stereocenters. The number of carbonyl (C=O) groups excluding carboxylic acids is 1. The second kappa shape index (κ2) is 7.56. The van der Waals surface area contributed by atoms with Crippen molar-refractivity contribution in [3.63, 3.8) is 0 Å². The SMILES string of the molecule is CC(C)(C)OC(=O)NC(CCCn1ccnc1[N+](=O)[O-])C(=O)O. The highest BCUT2D eigenvalue weighted by Gasteiger charge is 2.24. The summed E-state index contributed by atoms with van der Waals surface area (Å²) in [6, 6.07) is -1.13. The van der Waals surface area contributed by atoms with E-state index in [1.807, 2.05) is 0 Å². The number of nitro groups is 1. The molecule has 128 valence electrons. The largest absolute Gasteiger partial charge is 0.480 e. The first kappa shape index (κ1) is 18.4. The molecule has 0 aliphatic carbocycles. The van der Waals surface area contributed by atoms with Crippen molar-refractivity contribution in [2.24, 2.45) is 0 Å². The van der Waals surface area contributed by atoms with Gasteiger partial charge in [-0.05, 0) is 38.5 Å². The van der Waals surface area contributed by atoms with E-state index in [4.69, 9.17) is 9.84 Å². The summed E-state index contributed by atoms with van der Waals surface area (Å²) < 4.78 is 6.32. The Hall–Kier alpha value is -2.65. The van der Waals surface area contributed by atoms with E-state index in [9.17, 15) is 19.7 Å². The molecule has 0 fully saturated rings. The van der Waals surface area contributed by atoms with E-state index in [-0.39, 0.29) is 18.9 Å². The molecule has 0 aromatic carbocycles. The summed E-state index contributed by atoms with van der Waals surface area (Å²) in [4.78, 5) is 36.5. The molecule has 0 aliphatic heterocycles. The maximum atomic E-state index is 11.6. The molecular formula is C13H20N4O6. The Kier molecular flexibility index (Phi) is 6.05. The maximum absolute atomic E-state index is 11.6. The van der Waals surface area contributed by atoms with E-state index >= 15 is 0 Å². The smallest absolute Gasteiger partial charge is 0.434 e. The fraction of sp³-hybridized carbons (Fsp3) is 0.615. The number of hydrogen-bond donors (Lipinski definition) is 2. The van der Waals surface area contributed by atoms with Crippen LogP contribution < -0.4 is 5.32 Å². The lowest BCUT2D eigenvalue weighted by atomic mass is 10.1. The second-order valence-electron chi connectivity index (χ2n) is 5.86. The van der Waals surface area contributed by atoms with Gasteiger partial charge in [-0.25, -0.2) is 14.2 Å². The number of ether oxygens (including phenoxy) is 1. The molecule has 0 radical (unpaired) electrons. The first-order chi connectivity index (χ1) is 10.6. The zero-order valence-corrected chi connectivity index (χ0v) is 13.2. The van der Waals surface area contributed by atoms with Crippen molar-refractivity contribution in [2.75, 3.05) is 0 Å². The van der Waals surface area contributed by atoms with E-state index in [0.717, 1.165) is 0 Å². The summed E-state index contributed by atoms with van der Waals surface area (Å²) in [5, 5.41) is 22.1. The summed E-state index contributed by atoms with van der Waals surface area (Å²) in [5.74, 6) is -1.51. The number of amides is 1. The molecule has 0 saturated heterocycles. The minimum atomic E-state index is -1.20. The lowest BCUT2D eigenvalue weighted by molar-refractivity contribution is -0.396. The Morgan fingerprint density at radius 3 is 2.70 bits per heavy atom. The third-order valence-electron chi connectivity index (χ3n) is 2.74. The molecule has 1 heterocycles. The lowest BCUT2D eigenvalue weighted by Crippen LogP contribution is -2.43. The average Bonchev–Trinajstić information content (AvgIpc) is 2.83. The van der Waals surface area contributed by atoms with Crippen molar-refractivity contribution in [1.82, 2.24) is 14.9 Å². The van der Waals surface area contributed by atoms with Crippen molar-refractivity contribution in [2.45, 2.75) is 51.8 Å². The van der Waals surface area contributed by atoms with Crippen LogP contribution in [0.4, 0.5) is 10.7 Å². The Balaban J connectivity index is 2.54. The van der Waals surface area contributed by atoms with E-state index in [1.54, 1.807) is 20.8 Å². The molecule has 1 rings (SSSR count). The van der Waals surface area contributed by atoms with Crippen LogP contribution in [0, 0.1) is 10.1 Å². The molecule has 0 aliphatic rings. The number of carbonyl (C=O) groups is 2. The van der Waals surface area contributed by atoms with Crippen LogP contribution in [-0.4, -0.2) is 43.3 Å². The van der Waals surface area contributed by atoms with Crippen molar-refractivity contribution in [3.05, 3.63) is 22.5 Å². The summed E-state index contributed by atoms with van der Waals surface area (Å²) >= 11 is 0. The first-order valence-electron chi connectivity index (χ1n) is 6.98. The molecular weight excluding hydrogens is 308 g/mol. The van der Waals surface area contributed by atoms with Gasteiger partial charge in [-0.15, -0.1) is 0 Å². The van der Waals surface area contributed by atoms with Crippen LogP contribution in [0.5, 0.6) is 0 Å². The highest BCUT2D eigenvalue weighted by molar-refractivity contribution is 5.79. The van der Waals surface area contributed by atoms with Crippen molar-refractivity contribution in [3.8, 4) is 0 Å². The monoisotopic (exact) mass is 328 g/mol. The van der Waals surface area contributed by atoms with Gasteiger partial charge >= 0.3 is 18.0 Å². The number of carboxylic acids is 1. The molecule has 1 atom stereocenters. The zero-order valence-electron chi connectivity index (χ0n) is 13.2. The standard InChI is InChI=1S/C13H20N4O6/c1-13(2,3)23-12(20)15-9(10(18)19)5-4-7-16-8-6-14-11(16)17(21)22/h6,8-9H,4-5,7H2,1-3H3,(H,15,20)(H,18,19). The van der Waals surface area contributed by atoms with E-state index < -0.39 is 28.6 Å². The number of imidazole rings is 1. The number of aromatic nitrogens is 2. The number of nitrogens with zero attached hydrogens (tertiary/aromatic N) is 3. The van der Waals surface area contributed by atoms with Crippen molar-refractivity contribution < 1.29 is 24.4 Å². The molecule has 1 aromatic heterocycles. The van der Waals surface area contributed by atoms with Crippen molar-refractivity contribution >= 4 is 18.0 Å². The minimum Gasteiger partial charge on any atom is -0.480 e. The van der Waals surface area contributed by atoms with Gasteiger partial charge in [0.25, 0.3) is 0 Å². The zero-order chi connectivity index (χ0) is 17.6. The van der Waals surface area contributed by atoms with Gasteiger partial charge in [-0.2, -0.15) is 0 Å². The summed E-state index contributed by atoms with van der Waals surface area (Å²) in [5.41, 5.74) is -0.732. The maximum Gasteiger partial charge on any atom is 0.434 e. The molecule has 0 bridgehead atoms. The molecule has 2 N–H and O–H groups in total. The summed E-state index contributed by atoms with van der Waals surface area (Å²) in [6.45, 7) is 5.22. The second-order valence-corrected chi connectivity index (χ2v) is 5.86. The Morgan fingerprint density at radius 2 is 2.17 bits per heavy atom. The minimum absolute atomic E-state index is 0.101. The highest BCUT2D eigenvalue weighted by atomic mass is 16.6. The Labute approximate surface area is 132 Å². The third-order valence-corrected chi connectivity index (χ3v) is 2.74. The third kappa shape index (κ3) is 6.32. The van der Waals surface area contributed by atoms with Gasteiger partial charge in [-0.3, -0.25) is 0 Å². The number of carboxylic acid groups (broad SMARTS) is 1. The Bertz CT molecular complexity index is 577. The van der Waals surface area contributed by atoms with Crippen LogP contribution in [0.15, 0.2) is 12.4 Å². The van der Waals surface area contributed by atoms with Crippen LogP contribution in [0.3, 0.4) is 0 Å². The predicted molar refractivity (Wildman–Crippen MR) is 78.9 cm³/mol. The van der Waals surface area contributed by atoms with Crippen LogP contribution in [0.25, 0.3) is 0 Å². The number of aryl methyl sites for hydroxylation is 1. The van der Waals surface area contributed by atoms with Gasteiger partial charge in [0, 0.05) is 0 Å². The van der Waals surface area contributed by atoms with Gasteiger partial charge in [-0.1, -0.05) is 4.98 Å². The van der Waals surface area contributed by atoms with Gasteiger partial charge in [0.05, 0.1) is 6.54 Å². The highest BCUT2D eigenvalue weighted by Crippen LogP contribution is 2.11. The van der Waals surface area contributed by atoms with Crippen LogP contribution in [0.2, 0.25) is 0 Å². The summed E-state index contributed by atoms with van der Waals surface area (Å²) in [6.07, 6.45) is 2.33. The Morgan fingerprint density at radius 1 is 1.52 bits per heavy atom. The lowest BCUT2D eigenvalue weighted by Gasteiger charge is -2.21. The number of nitrogens with one attached hydrogen (secondary N) is 1. The molecule has 1 amide bonds. The molecule has 0 saturated carbocycles. The molecule has 0 spiro atoms. The first-order valence-corrected chi connectivity index (χ1v) is 6.98. The van der Waals surface area contributed by atoms with Gasteiger partial charge in [0.1, 0.15) is 24.0 Å². The topological polar surface area (TPSA) is 137 Å². The number of alkyl carbamates (subject to hydrolysis) is 1. The predicted octanol–water partition coefficient (Wildman–Crippen LogP) is 1.55. The van der Waals surface area contributed by atoms with Gasteiger partial charge in [0.2, 0.25) is 0 Å². The molecule has 23 heavy (non-hydrogen) atoms. The average molecular weight is 328 g/mol. The van der Waals surface area contributed by atoms with Crippen LogP contribution in [-0.2, 0) is 16.1 Å². The van der Waals surface area contributed by atoms with Crippen LogP contribution >= 0.6 is 0 Å². The number of aliphatic carboxylic acids is 1. The normalized spacial score (nSPS) is 12.5. The quantitative estimate of drug-likeness (QED) is 0.572. The molecule has 1 aromatic rings. The fourth-order valence-corrected chi connectivity index (χ4v) is 1.82. The van der Waals surface area contributed by atoms with Gasteiger partial charge < -0.3 is 25.3 Å². The molecule has 10 nitrogen and oxygen atoms in total. The van der Waals surface area contributed by atoms with Crippen LogP contribution in [0.1, 0.15) is 33.6 Å². The fourth-order valence-electron chi connectivity index (χ4n) is 1.82. The van der Waals surface area contributed by atoms with Crippen molar-refractivity contribution in [1.29, 1.82) is 0 Å². The molecule has 10 heteroatoms. The number of rotatable bonds is 7. The number of hydrogen-bond acceptors (Lipinski definition) is 6.